The molecule has 14 heavy (non-hydrogen) atoms. The fourth-order valence-corrected chi connectivity index (χ4v) is 1.05. The van der Waals surface area contributed by atoms with E-state index in [1.165, 1.54) is 6.08 Å². The average Bonchev–Trinajstić information content (AvgIpc) is 2.25. The van der Waals surface area contributed by atoms with Crippen molar-refractivity contribution in [3.8, 4) is 5.75 Å². The van der Waals surface area contributed by atoms with Crippen LogP contribution in [0.1, 0.15) is 10.4 Å². The molecule has 0 aliphatic heterocycles. The lowest BCUT2D eigenvalue weighted by atomic mass is 10.1. The molecule has 1 aromatic carbocycles. The van der Waals surface area contributed by atoms with Crippen LogP contribution in [0.3, 0.4) is 0 Å². The summed E-state index contributed by atoms with van der Waals surface area (Å²) in [6, 6.07) is 7.07. The Morgan fingerprint density at radius 1 is 1.36 bits per heavy atom. The molecule has 0 aromatic heterocycles. The first-order chi connectivity index (χ1) is 6.79. The summed E-state index contributed by atoms with van der Waals surface area (Å²) >= 11 is 0. The first-order valence-corrected chi connectivity index (χ1v) is 4.29. The van der Waals surface area contributed by atoms with Gasteiger partial charge in [-0.25, -0.2) is 0 Å². The zero-order chi connectivity index (χ0) is 10.4. The van der Waals surface area contributed by atoms with Crippen molar-refractivity contribution < 1.29 is 9.53 Å². The number of ketones is 1. The van der Waals surface area contributed by atoms with E-state index in [2.05, 4.69) is 13.2 Å². The molecule has 2 nitrogen and oxygen atoms in total. The lowest BCUT2D eigenvalue weighted by Gasteiger charge is -2.06. The molecule has 0 unspecified atom stereocenters. The van der Waals surface area contributed by atoms with Crippen molar-refractivity contribution in [1.29, 1.82) is 0 Å². The van der Waals surface area contributed by atoms with Crippen LogP contribution in [0.2, 0.25) is 0 Å². The largest absolute Gasteiger partial charge is 0.489 e. The standard InChI is InChI=1S/C12H12O2/c1-3-9-14-12-8-6-5-7-10(12)11(13)4-2/h3-8H,1-2,9H2. The number of para-hydroxylation sites is 1. The molecule has 0 saturated heterocycles. The molecule has 0 aliphatic carbocycles. The second-order valence-corrected chi connectivity index (χ2v) is 2.66. The Morgan fingerprint density at radius 2 is 2.07 bits per heavy atom. The third-order valence-electron chi connectivity index (χ3n) is 1.69. The fraction of sp³-hybridized carbons (Fsp3) is 0.0833. The van der Waals surface area contributed by atoms with E-state index in [-0.39, 0.29) is 5.78 Å². The molecule has 0 heterocycles. The molecule has 0 atom stereocenters. The summed E-state index contributed by atoms with van der Waals surface area (Å²) in [4.78, 5) is 11.4. The quantitative estimate of drug-likeness (QED) is 0.403. The molecule has 0 amide bonds. The second kappa shape index (κ2) is 5.02. The molecular formula is C12H12O2. The number of carbonyl (C=O) groups is 1. The minimum absolute atomic E-state index is 0.135. The smallest absolute Gasteiger partial charge is 0.188 e. The Balaban J connectivity index is 2.96. The van der Waals surface area contributed by atoms with E-state index in [0.717, 1.165) is 0 Å². The highest BCUT2D eigenvalue weighted by Gasteiger charge is 2.07. The van der Waals surface area contributed by atoms with Gasteiger partial charge in [-0.2, -0.15) is 0 Å². The predicted molar refractivity (Wildman–Crippen MR) is 56.7 cm³/mol. The van der Waals surface area contributed by atoms with Crippen LogP contribution >= 0.6 is 0 Å². The molecule has 0 aliphatic rings. The van der Waals surface area contributed by atoms with Gasteiger partial charge in [0.2, 0.25) is 0 Å². The Labute approximate surface area is 83.5 Å². The summed E-state index contributed by atoms with van der Waals surface area (Å²) in [5.41, 5.74) is 0.532. The van der Waals surface area contributed by atoms with Crippen LogP contribution in [-0.2, 0) is 0 Å². The number of rotatable bonds is 5. The molecule has 0 saturated carbocycles. The highest BCUT2D eigenvalue weighted by atomic mass is 16.5. The summed E-state index contributed by atoms with van der Waals surface area (Å²) in [7, 11) is 0. The van der Waals surface area contributed by atoms with Crippen LogP contribution in [0.5, 0.6) is 5.75 Å². The SMILES string of the molecule is C=CCOc1ccccc1C(=O)C=C. The van der Waals surface area contributed by atoms with Crippen LogP contribution in [0.15, 0.2) is 49.6 Å². The number of hydrogen-bond acceptors (Lipinski definition) is 2. The highest BCUT2D eigenvalue weighted by Crippen LogP contribution is 2.18. The van der Waals surface area contributed by atoms with Gasteiger partial charge in [-0.3, -0.25) is 4.79 Å². The van der Waals surface area contributed by atoms with Gasteiger partial charge in [0, 0.05) is 0 Å². The number of hydrogen-bond donors (Lipinski definition) is 0. The van der Waals surface area contributed by atoms with Crippen molar-refractivity contribution in [2.24, 2.45) is 0 Å². The summed E-state index contributed by atoms with van der Waals surface area (Å²) in [5, 5.41) is 0. The number of carbonyl (C=O) groups excluding carboxylic acids is 1. The minimum Gasteiger partial charge on any atom is -0.489 e. The Bertz CT molecular complexity index is 353. The van der Waals surface area contributed by atoms with Crippen LogP contribution in [0, 0.1) is 0 Å². The first kappa shape index (κ1) is 10.3. The number of benzene rings is 1. The molecule has 0 radical (unpaired) electrons. The second-order valence-electron chi connectivity index (χ2n) is 2.66. The molecule has 0 spiro atoms. The van der Waals surface area contributed by atoms with Gasteiger partial charge < -0.3 is 4.74 Å². The molecule has 2 heteroatoms. The number of allylic oxidation sites excluding steroid dienone is 1. The van der Waals surface area contributed by atoms with E-state index in [0.29, 0.717) is 17.9 Å². The highest BCUT2D eigenvalue weighted by molar-refractivity contribution is 6.06. The predicted octanol–water partition coefficient (Wildman–Crippen LogP) is 2.62. The van der Waals surface area contributed by atoms with Crippen molar-refractivity contribution in [1.82, 2.24) is 0 Å². The maximum absolute atomic E-state index is 11.4. The lowest BCUT2D eigenvalue weighted by Crippen LogP contribution is -2.01. The monoisotopic (exact) mass is 188 g/mol. The molecule has 72 valence electrons. The van der Waals surface area contributed by atoms with E-state index in [1.54, 1.807) is 24.3 Å². The topological polar surface area (TPSA) is 26.3 Å². The van der Waals surface area contributed by atoms with Gasteiger partial charge in [-0.05, 0) is 18.2 Å². The number of ether oxygens (including phenoxy) is 1. The minimum atomic E-state index is -0.135. The van der Waals surface area contributed by atoms with E-state index >= 15 is 0 Å². The van der Waals surface area contributed by atoms with E-state index in [1.807, 2.05) is 6.07 Å². The van der Waals surface area contributed by atoms with Gasteiger partial charge in [-0.1, -0.05) is 31.4 Å². The molecule has 0 fully saturated rings. The summed E-state index contributed by atoms with van der Waals surface area (Å²) in [6.07, 6.45) is 2.91. The van der Waals surface area contributed by atoms with Crippen molar-refractivity contribution >= 4 is 5.78 Å². The molecule has 1 aromatic rings. The first-order valence-electron chi connectivity index (χ1n) is 4.29. The van der Waals surface area contributed by atoms with Crippen molar-refractivity contribution in [2.45, 2.75) is 0 Å². The van der Waals surface area contributed by atoms with Gasteiger partial charge in [-0.15, -0.1) is 0 Å². The van der Waals surface area contributed by atoms with Crippen LogP contribution in [0.4, 0.5) is 0 Å². The summed E-state index contributed by atoms with van der Waals surface area (Å²) in [5.74, 6) is 0.432. The molecule has 0 N–H and O–H groups in total. The van der Waals surface area contributed by atoms with Crippen molar-refractivity contribution in [3.63, 3.8) is 0 Å². The van der Waals surface area contributed by atoms with Gasteiger partial charge in [0.05, 0.1) is 5.56 Å². The summed E-state index contributed by atoms with van der Waals surface area (Å²) in [6.45, 7) is 7.36. The maximum Gasteiger partial charge on any atom is 0.188 e. The molecule has 0 bridgehead atoms. The zero-order valence-corrected chi connectivity index (χ0v) is 7.90. The average molecular weight is 188 g/mol. The Morgan fingerprint density at radius 3 is 2.71 bits per heavy atom. The summed E-state index contributed by atoms with van der Waals surface area (Å²) < 4.78 is 5.32. The van der Waals surface area contributed by atoms with Gasteiger partial charge in [0.25, 0.3) is 0 Å². The van der Waals surface area contributed by atoms with Crippen molar-refractivity contribution in [2.75, 3.05) is 6.61 Å². The van der Waals surface area contributed by atoms with Gasteiger partial charge in [0.1, 0.15) is 12.4 Å². The van der Waals surface area contributed by atoms with Gasteiger partial charge >= 0.3 is 0 Å². The molecular weight excluding hydrogens is 176 g/mol. The van der Waals surface area contributed by atoms with E-state index < -0.39 is 0 Å². The Kier molecular flexibility index (Phi) is 3.68. The van der Waals surface area contributed by atoms with Crippen LogP contribution < -0.4 is 4.74 Å². The normalized spacial score (nSPS) is 9.14. The van der Waals surface area contributed by atoms with E-state index in [9.17, 15) is 4.79 Å². The van der Waals surface area contributed by atoms with Gasteiger partial charge in [0.15, 0.2) is 5.78 Å². The fourth-order valence-electron chi connectivity index (χ4n) is 1.05. The van der Waals surface area contributed by atoms with E-state index in [4.69, 9.17) is 4.74 Å². The molecule has 1 rings (SSSR count). The van der Waals surface area contributed by atoms with Crippen LogP contribution in [0.25, 0.3) is 0 Å². The lowest BCUT2D eigenvalue weighted by molar-refractivity contribution is 0.104. The third-order valence-corrected chi connectivity index (χ3v) is 1.69. The third kappa shape index (κ3) is 2.33. The Hall–Kier alpha value is -1.83. The maximum atomic E-state index is 11.4. The van der Waals surface area contributed by atoms with Crippen molar-refractivity contribution in [3.05, 3.63) is 55.1 Å². The zero-order valence-electron chi connectivity index (χ0n) is 7.90. The van der Waals surface area contributed by atoms with Crippen LogP contribution in [-0.4, -0.2) is 12.4 Å².